The molecule has 3 nitrogen and oxygen atoms in total. The van der Waals surface area contributed by atoms with Crippen molar-refractivity contribution in [1.82, 2.24) is 14.7 Å². The van der Waals surface area contributed by atoms with Gasteiger partial charge in [-0.05, 0) is 120 Å². The summed E-state index contributed by atoms with van der Waals surface area (Å²) in [5, 5.41) is 0. The van der Waals surface area contributed by atoms with Gasteiger partial charge in [0, 0.05) is 24.2 Å². The Balaban J connectivity index is 4.50. The van der Waals surface area contributed by atoms with E-state index in [0.717, 1.165) is 5.92 Å². The summed E-state index contributed by atoms with van der Waals surface area (Å²) >= 11 is 0. The van der Waals surface area contributed by atoms with Gasteiger partial charge in [0.1, 0.15) is 0 Å². The second-order valence-corrected chi connectivity index (χ2v) is 9.94. The first-order valence-corrected chi connectivity index (χ1v) is 11.8. The molecule has 0 aliphatic rings. The lowest BCUT2D eigenvalue weighted by Gasteiger charge is -2.33. The third kappa shape index (κ3) is 12.9. The number of hydrogen-bond acceptors (Lipinski definition) is 3. The Morgan fingerprint density at radius 3 is 1.07 bits per heavy atom. The van der Waals surface area contributed by atoms with Crippen LogP contribution < -0.4 is 0 Å². The van der Waals surface area contributed by atoms with Gasteiger partial charge in [0.2, 0.25) is 0 Å². The van der Waals surface area contributed by atoms with Crippen LogP contribution in [0, 0.1) is 5.92 Å². The lowest BCUT2D eigenvalue weighted by atomic mass is 10.1. The van der Waals surface area contributed by atoms with Gasteiger partial charge in [-0.3, -0.25) is 9.80 Å². The molecule has 0 unspecified atom stereocenters. The topological polar surface area (TPSA) is 9.72 Å². The Kier molecular flexibility index (Phi) is 14.8. The van der Waals surface area contributed by atoms with Crippen LogP contribution in [0.4, 0.5) is 0 Å². The summed E-state index contributed by atoms with van der Waals surface area (Å²) in [6.45, 7) is 29.5. The zero-order valence-corrected chi connectivity index (χ0v) is 20.6. The van der Waals surface area contributed by atoms with Gasteiger partial charge in [-0.25, -0.2) is 0 Å². The Labute approximate surface area is 172 Å². The molecule has 0 atom stereocenters. The van der Waals surface area contributed by atoms with Gasteiger partial charge in [0.25, 0.3) is 0 Å². The van der Waals surface area contributed by atoms with Crippen molar-refractivity contribution in [3.05, 3.63) is 0 Å². The summed E-state index contributed by atoms with van der Waals surface area (Å²) in [5.74, 6) is 0.821. The Hall–Kier alpha value is -0.120. The van der Waals surface area contributed by atoms with Gasteiger partial charge in [-0.15, -0.1) is 0 Å². The number of nitrogens with zero attached hydrogens (tertiary/aromatic N) is 3. The monoisotopic (exact) mass is 383 g/mol. The molecule has 0 saturated carbocycles. The van der Waals surface area contributed by atoms with E-state index in [9.17, 15) is 0 Å². The first-order valence-electron chi connectivity index (χ1n) is 11.8. The van der Waals surface area contributed by atoms with Crippen molar-refractivity contribution < 1.29 is 0 Å². The minimum atomic E-state index is 0.644. The summed E-state index contributed by atoms with van der Waals surface area (Å²) in [4.78, 5) is 8.00. The summed E-state index contributed by atoms with van der Waals surface area (Å²) in [7, 11) is 0. The molecule has 0 heterocycles. The minimum Gasteiger partial charge on any atom is -0.303 e. The lowest BCUT2D eigenvalue weighted by molar-refractivity contribution is 0.146. The SMILES string of the molecule is CC(C)CCCN(CCCN(C(C)C)C(C)C)CCCN(C(C)C)C(C)C. The van der Waals surface area contributed by atoms with Crippen molar-refractivity contribution in [2.45, 2.75) is 119 Å². The zero-order chi connectivity index (χ0) is 21.0. The second kappa shape index (κ2) is 14.8. The first kappa shape index (κ1) is 26.9. The molecule has 0 aromatic heterocycles. The first-order chi connectivity index (χ1) is 12.6. The maximum absolute atomic E-state index is 2.74. The van der Waals surface area contributed by atoms with Crippen molar-refractivity contribution in [3.63, 3.8) is 0 Å². The molecule has 164 valence electrons. The highest BCUT2D eigenvalue weighted by Gasteiger charge is 2.15. The molecule has 0 bridgehead atoms. The van der Waals surface area contributed by atoms with E-state index in [1.54, 1.807) is 0 Å². The van der Waals surface area contributed by atoms with Crippen LogP contribution in [0.3, 0.4) is 0 Å². The Morgan fingerprint density at radius 2 is 0.778 bits per heavy atom. The average molecular weight is 384 g/mol. The highest BCUT2D eigenvalue weighted by atomic mass is 15.2. The third-order valence-corrected chi connectivity index (χ3v) is 5.69. The van der Waals surface area contributed by atoms with Crippen LogP contribution in [-0.2, 0) is 0 Å². The highest BCUT2D eigenvalue weighted by molar-refractivity contribution is 4.71. The molecule has 0 aromatic rings. The molecule has 0 amide bonds. The molecule has 0 radical (unpaired) electrons. The quantitative estimate of drug-likeness (QED) is 0.336. The third-order valence-electron chi connectivity index (χ3n) is 5.69. The van der Waals surface area contributed by atoms with Gasteiger partial charge in [0.05, 0.1) is 0 Å². The van der Waals surface area contributed by atoms with E-state index in [-0.39, 0.29) is 0 Å². The molecular formula is C24H53N3. The molecule has 0 aliphatic carbocycles. The largest absolute Gasteiger partial charge is 0.303 e. The van der Waals surface area contributed by atoms with E-state index in [2.05, 4.69) is 83.9 Å². The van der Waals surface area contributed by atoms with Crippen LogP contribution in [0.25, 0.3) is 0 Å². The fourth-order valence-corrected chi connectivity index (χ4v) is 4.24. The van der Waals surface area contributed by atoms with E-state index in [1.807, 2.05) is 0 Å². The average Bonchev–Trinajstić information content (AvgIpc) is 2.52. The fourth-order valence-electron chi connectivity index (χ4n) is 4.24. The summed E-state index contributed by atoms with van der Waals surface area (Å²) in [5.41, 5.74) is 0. The molecule has 0 aromatic carbocycles. The normalized spacial score (nSPS) is 13.1. The van der Waals surface area contributed by atoms with Crippen LogP contribution in [0.15, 0.2) is 0 Å². The van der Waals surface area contributed by atoms with Crippen LogP contribution in [-0.4, -0.2) is 71.6 Å². The maximum atomic E-state index is 2.74. The predicted octanol–water partition coefficient (Wildman–Crippen LogP) is 5.74. The van der Waals surface area contributed by atoms with Crippen molar-refractivity contribution >= 4 is 0 Å². The summed E-state index contributed by atoms with van der Waals surface area (Å²) < 4.78 is 0. The molecule has 0 N–H and O–H groups in total. The van der Waals surface area contributed by atoms with Crippen LogP contribution in [0.5, 0.6) is 0 Å². The van der Waals surface area contributed by atoms with Gasteiger partial charge >= 0.3 is 0 Å². The fraction of sp³-hybridized carbons (Fsp3) is 1.00. The van der Waals surface area contributed by atoms with Crippen molar-refractivity contribution in [2.24, 2.45) is 5.92 Å². The zero-order valence-electron chi connectivity index (χ0n) is 20.6. The summed E-state index contributed by atoms with van der Waals surface area (Å²) in [6.07, 6.45) is 5.27. The van der Waals surface area contributed by atoms with Gasteiger partial charge < -0.3 is 4.90 Å². The van der Waals surface area contributed by atoms with Crippen LogP contribution >= 0.6 is 0 Å². The van der Waals surface area contributed by atoms with Crippen molar-refractivity contribution in [1.29, 1.82) is 0 Å². The van der Waals surface area contributed by atoms with Gasteiger partial charge in [-0.1, -0.05) is 13.8 Å². The summed E-state index contributed by atoms with van der Waals surface area (Å²) in [6, 6.07) is 2.57. The minimum absolute atomic E-state index is 0.644. The van der Waals surface area contributed by atoms with E-state index < -0.39 is 0 Å². The van der Waals surface area contributed by atoms with E-state index >= 15 is 0 Å². The predicted molar refractivity (Wildman–Crippen MR) is 124 cm³/mol. The van der Waals surface area contributed by atoms with Crippen LogP contribution in [0.2, 0.25) is 0 Å². The molecule has 3 heteroatoms. The molecular weight excluding hydrogens is 330 g/mol. The molecule has 27 heavy (non-hydrogen) atoms. The molecule has 0 rings (SSSR count). The molecule has 0 spiro atoms. The van der Waals surface area contributed by atoms with Gasteiger partial charge in [0.15, 0.2) is 0 Å². The van der Waals surface area contributed by atoms with Gasteiger partial charge in [-0.2, -0.15) is 0 Å². The van der Waals surface area contributed by atoms with Crippen LogP contribution in [0.1, 0.15) is 94.9 Å². The van der Waals surface area contributed by atoms with E-state index in [1.165, 1.54) is 58.4 Å². The second-order valence-electron chi connectivity index (χ2n) is 9.94. The lowest BCUT2D eigenvalue weighted by Crippen LogP contribution is -2.40. The number of hydrogen-bond donors (Lipinski definition) is 0. The highest BCUT2D eigenvalue weighted by Crippen LogP contribution is 2.10. The smallest absolute Gasteiger partial charge is 0.00413 e. The van der Waals surface area contributed by atoms with Crippen molar-refractivity contribution in [3.8, 4) is 0 Å². The standard InChI is InChI=1S/C24H53N3/c1-20(2)14-11-15-25(16-12-18-26(21(3)4)22(5)6)17-13-19-27(23(7)8)24(9)10/h20-24H,11-19H2,1-10H3. The maximum Gasteiger partial charge on any atom is 0.00413 e. The van der Waals surface area contributed by atoms with Crippen molar-refractivity contribution in [2.75, 3.05) is 32.7 Å². The molecule has 0 fully saturated rings. The Bertz CT molecular complexity index is 295. The Morgan fingerprint density at radius 1 is 0.444 bits per heavy atom. The molecule has 0 aliphatic heterocycles. The molecule has 0 saturated heterocycles. The van der Waals surface area contributed by atoms with E-state index in [4.69, 9.17) is 0 Å². The van der Waals surface area contributed by atoms with E-state index in [0.29, 0.717) is 24.2 Å². The number of rotatable bonds is 16.